The number of hydrogen-bond donors (Lipinski definition) is 2. The van der Waals surface area contributed by atoms with Gasteiger partial charge in [-0.3, -0.25) is 15.0 Å². The van der Waals surface area contributed by atoms with Gasteiger partial charge in [-0.05, 0) is 48.1 Å². The third-order valence-electron chi connectivity index (χ3n) is 6.80. The molecule has 0 aliphatic carbocycles. The molecular weight excluding hydrogens is 502 g/mol. The van der Waals surface area contributed by atoms with Crippen LogP contribution in [0.3, 0.4) is 0 Å². The van der Waals surface area contributed by atoms with E-state index < -0.39 is 0 Å². The third-order valence-corrected chi connectivity index (χ3v) is 6.80. The molecule has 3 aromatic rings. The monoisotopic (exact) mass is 535 g/mol. The van der Waals surface area contributed by atoms with Crippen molar-refractivity contribution in [3.8, 4) is 16.9 Å². The van der Waals surface area contributed by atoms with Crippen LogP contribution in [0.1, 0.15) is 30.4 Å². The first-order chi connectivity index (χ1) is 17.9. The Hall–Kier alpha value is -3.84. The summed E-state index contributed by atoms with van der Waals surface area (Å²) in [6.07, 6.45) is 2.39. The van der Waals surface area contributed by atoms with Crippen molar-refractivity contribution in [3.05, 3.63) is 90.0 Å². The average Bonchev–Trinajstić information content (AvgIpc) is 3.22. The number of esters is 1. The van der Waals surface area contributed by atoms with Gasteiger partial charge in [-0.15, -0.1) is 12.4 Å². The average molecular weight is 536 g/mol. The number of carbonyl (C=O) groups excluding carboxylic acids is 2. The molecule has 38 heavy (non-hydrogen) atoms. The van der Waals surface area contributed by atoms with Gasteiger partial charge >= 0.3 is 5.97 Å². The summed E-state index contributed by atoms with van der Waals surface area (Å²) in [6, 6.07) is 25.4. The Bertz CT molecular complexity index is 1220. The highest BCUT2D eigenvalue weighted by atomic mass is 35.5. The number of ether oxygens (including phenoxy) is 2. The molecule has 1 aliphatic rings. The summed E-state index contributed by atoms with van der Waals surface area (Å²) in [4.78, 5) is 26.9. The highest BCUT2D eigenvalue weighted by Gasteiger charge is 2.40. The second-order valence-corrected chi connectivity index (χ2v) is 9.31. The van der Waals surface area contributed by atoms with Crippen molar-refractivity contribution in [3.63, 3.8) is 0 Å². The summed E-state index contributed by atoms with van der Waals surface area (Å²) in [7, 11) is 1.35. The quantitative estimate of drug-likeness (QED) is 0.207. The van der Waals surface area contributed by atoms with E-state index in [0.717, 1.165) is 29.7 Å². The second-order valence-electron chi connectivity index (χ2n) is 9.31. The smallest absolute Gasteiger partial charge is 0.306 e. The van der Waals surface area contributed by atoms with Gasteiger partial charge in [0.1, 0.15) is 18.2 Å². The summed E-state index contributed by atoms with van der Waals surface area (Å²) >= 11 is 0. The van der Waals surface area contributed by atoms with Crippen molar-refractivity contribution < 1.29 is 19.1 Å². The van der Waals surface area contributed by atoms with E-state index in [4.69, 9.17) is 20.6 Å². The second kappa shape index (κ2) is 13.6. The van der Waals surface area contributed by atoms with E-state index in [1.165, 1.54) is 12.7 Å². The minimum atomic E-state index is -0.377. The Balaban J connectivity index is 0.00000400. The predicted octanol–water partition coefficient (Wildman–Crippen LogP) is 4.85. The summed E-state index contributed by atoms with van der Waals surface area (Å²) in [5.74, 6) is 0.0199. The van der Waals surface area contributed by atoms with Gasteiger partial charge in [0.2, 0.25) is 5.91 Å². The number of nitrogens with one attached hydrogen (secondary N) is 1. The SMILES string of the molecule is COC(=O)C[C@@H]1C[C@@H](COc2ccc(-c3ccc(C(=N)N)cc3)cc2)N(CCCc2ccccc2)C1=O.Cl. The lowest BCUT2D eigenvalue weighted by Crippen LogP contribution is -2.38. The van der Waals surface area contributed by atoms with Gasteiger partial charge in [0, 0.05) is 12.1 Å². The lowest BCUT2D eigenvalue weighted by atomic mass is 10.0. The van der Waals surface area contributed by atoms with E-state index in [1.54, 1.807) is 0 Å². The molecule has 0 saturated carbocycles. The molecule has 0 unspecified atom stereocenters. The predicted molar refractivity (Wildman–Crippen MR) is 151 cm³/mol. The molecule has 3 aromatic carbocycles. The Morgan fingerprint density at radius 2 is 1.63 bits per heavy atom. The summed E-state index contributed by atoms with van der Waals surface area (Å²) in [5.41, 5.74) is 9.51. The molecule has 1 fully saturated rings. The van der Waals surface area contributed by atoms with Gasteiger partial charge in [-0.25, -0.2) is 0 Å². The van der Waals surface area contributed by atoms with Crippen molar-refractivity contribution in [1.82, 2.24) is 4.90 Å². The van der Waals surface area contributed by atoms with Crippen LogP contribution in [0, 0.1) is 11.3 Å². The molecule has 1 amide bonds. The van der Waals surface area contributed by atoms with Crippen LogP contribution < -0.4 is 10.5 Å². The number of rotatable bonds is 11. The number of carbonyl (C=O) groups is 2. The molecule has 1 saturated heterocycles. The Morgan fingerprint density at radius 3 is 2.24 bits per heavy atom. The molecule has 1 heterocycles. The van der Waals surface area contributed by atoms with Crippen molar-refractivity contribution in [2.75, 3.05) is 20.3 Å². The molecule has 4 rings (SSSR count). The molecule has 2 atom stereocenters. The molecular formula is C30H34ClN3O4. The largest absolute Gasteiger partial charge is 0.491 e. The molecule has 1 aliphatic heterocycles. The number of likely N-dealkylation sites (tertiary alicyclic amines) is 1. The van der Waals surface area contributed by atoms with Gasteiger partial charge in [0.15, 0.2) is 0 Å². The van der Waals surface area contributed by atoms with Crippen LogP contribution in [-0.4, -0.2) is 48.9 Å². The first-order valence-corrected chi connectivity index (χ1v) is 12.5. The Kier molecular flexibility index (Phi) is 10.3. The molecule has 0 radical (unpaired) electrons. The first kappa shape index (κ1) is 28.7. The van der Waals surface area contributed by atoms with E-state index in [1.807, 2.05) is 71.6 Å². The fraction of sp³-hybridized carbons (Fsp3) is 0.300. The van der Waals surface area contributed by atoms with E-state index in [0.29, 0.717) is 25.1 Å². The lowest BCUT2D eigenvalue weighted by molar-refractivity contribution is -0.144. The zero-order valence-corrected chi connectivity index (χ0v) is 22.3. The Labute approximate surface area is 229 Å². The maximum absolute atomic E-state index is 13.1. The van der Waals surface area contributed by atoms with Crippen LogP contribution >= 0.6 is 12.4 Å². The fourth-order valence-corrected chi connectivity index (χ4v) is 4.75. The topological polar surface area (TPSA) is 106 Å². The molecule has 0 bridgehead atoms. The highest BCUT2D eigenvalue weighted by molar-refractivity contribution is 5.95. The number of amidine groups is 1. The van der Waals surface area contributed by atoms with Crippen LogP contribution in [-0.2, 0) is 20.7 Å². The number of halogens is 1. The summed E-state index contributed by atoms with van der Waals surface area (Å²) < 4.78 is 10.9. The van der Waals surface area contributed by atoms with Gasteiger partial charge in [0.25, 0.3) is 0 Å². The minimum absolute atomic E-state index is 0. The zero-order valence-electron chi connectivity index (χ0n) is 21.5. The summed E-state index contributed by atoms with van der Waals surface area (Å²) in [5, 5.41) is 7.53. The first-order valence-electron chi connectivity index (χ1n) is 12.5. The number of nitrogens with zero attached hydrogens (tertiary/aromatic N) is 1. The van der Waals surface area contributed by atoms with Crippen molar-refractivity contribution in [2.24, 2.45) is 11.7 Å². The van der Waals surface area contributed by atoms with Gasteiger partial charge in [-0.1, -0.05) is 66.7 Å². The standard InChI is InChI=1S/C30H33N3O4.ClH/c1-36-28(34)19-25-18-26(33(30(25)35)17-5-8-21-6-3-2-4-7-21)20-37-27-15-13-23(14-16-27)22-9-11-24(12-10-22)29(31)32;/h2-4,6-7,9-16,25-26H,5,8,17-20H2,1H3,(H3,31,32);1H/t25-,26-;/m0./s1. The van der Waals surface area contributed by atoms with Crippen molar-refractivity contribution >= 4 is 30.1 Å². The van der Waals surface area contributed by atoms with Gasteiger partial charge in [0.05, 0.1) is 25.5 Å². The van der Waals surface area contributed by atoms with Crippen molar-refractivity contribution in [1.29, 1.82) is 5.41 Å². The number of nitrogens with two attached hydrogens (primary N) is 1. The Morgan fingerprint density at radius 1 is 1.00 bits per heavy atom. The van der Waals surface area contributed by atoms with Crippen LogP contribution in [0.5, 0.6) is 5.75 Å². The zero-order chi connectivity index (χ0) is 26.2. The normalized spacial score (nSPS) is 16.6. The number of hydrogen-bond acceptors (Lipinski definition) is 5. The maximum atomic E-state index is 13.1. The van der Waals surface area contributed by atoms with Gasteiger partial charge in [-0.2, -0.15) is 0 Å². The number of aryl methyl sites for hydroxylation is 1. The molecule has 0 aromatic heterocycles. The molecule has 3 N–H and O–H groups in total. The van der Waals surface area contributed by atoms with E-state index in [9.17, 15) is 9.59 Å². The van der Waals surface area contributed by atoms with Gasteiger partial charge < -0.3 is 20.1 Å². The number of methoxy groups -OCH3 is 1. The van der Waals surface area contributed by atoms with Crippen LogP contribution in [0.15, 0.2) is 78.9 Å². The number of benzene rings is 3. The van der Waals surface area contributed by atoms with Crippen LogP contribution in [0.4, 0.5) is 0 Å². The fourth-order valence-electron chi connectivity index (χ4n) is 4.75. The number of nitrogen functional groups attached to an aromatic ring is 1. The highest BCUT2D eigenvalue weighted by Crippen LogP contribution is 2.29. The molecule has 200 valence electrons. The molecule has 8 heteroatoms. The molecule has 7 nitrogen and oxygen atoms in total. The minimum Gasteiger partial charge on any atom is -0.491 e. The maximum Gasteiger partial charge on any atom is 0.306 e. The lowest BCUT2D eigenvalue weighted by Gasteiger charge is -2.25. The van der Waals surface area contributed by atoms with Crippen LogP contribution in [0.25, 0.3) is 11.1 Å². The molecule has 0 spiro atoms. The van der Waals surface area contributed by atoms with Crippen molar-refractivity contribution in [2.45, 2.75) is 31.7 Å². The third kappa shape index (κ3) is 7.35. The number of amides is 1. The summed E-state index contributed by atoms with van der Waals surface area (Å²) in [6.45, 7) is 0.982. The van der Waals surface area contributed by atoms with E-state index >= 15 is 0 Å². The van der Waals surface area contributed by atoms with E-state index in [-0.39, 0.29) is 48.5 Å². The van der Waals surface area contributed by atoms with Crippen LogP contribution in [0.2, 0.25) is 0 Å². The van der Waals surface area contributed by atoms with E-state index in [2.05, 4.69) is 12.1 Å².